The number of amides is 1. The second kappa shape index (κ2) is 4.85. The van der Waals surface area contributed by atoms with Gasteiger partial charge in [0.1, 0.15) is 5.75 Å². The lowest BCUT2D eigenvalue weighted by molar-refractivity contribution is -0.116. The van der Waals surface area contributed by atoms with Crippen molar-refractivity contribution in [2.45, 2.75) is 19.8 Å². The minimum Gasteiger partial charge on any atom is -0.454 e. The number of fused-ring (bicyclic) bond motifs is 1. The Hall–Kier alpha value is -2.56. The summed E-state index contributed by atoms with van der Waals surface area (Å²) in [5.41, 5.74) is 9.28. The Morgan fingerprint density at radius 1 is 1.30 bits per heavy atom. The molecule has 0 atom stereocenters. The van der Waals surface area contributed by atoms with E-state index in [4.69, 9.17) is 10.5 Å². The van der Waals surface area contributed by atoms with Crippen LogP contribution in [0.1, 0.15) is 17.7 Å². The van der Waals surface area contributed by atoms with E-state index in [9.17, 15) is 4.79 Å². The van der Waals surface area contributed by atoms with Gasteiger partial charge in [0.05, 0.1) is 11.9 Å². The molecule has 0 bridgehead atoms. The number of rotatable bonds is 2. The fourth-order valence-electron chi connectivity index (χ4n) is 2.16. The van der Waals surface area contributed by atoms with Crippen molar-refractivity contribution in [3.63, 3.8) is 0 Å². The van der Waals surface area contributed by atoms with Crippen LogP contribution < -0.4 is 15.8 Å². The molecule has 5 heteroatoms. The van der Waals surface area contributed by atoms with Crippen molar-refractivity contribution in [2.24, 2.45) is 0 Å². The van der Waals surface area contributed by atoms with Crippen LogP contribution in [0.25, 0.3) is 0 Å². The molecule has 1 aromatic heterocycles. The Kier molecular flexibility index (Phi) is 3.02. The zero-order chi connectivity index (χ0) is 14.1. The monoisotopic (exact) mass is 269 g/mol. The average molecular weight is 269 g/mol. The lowest BCUT2D eigenvalue weighted by Gasteiger charge is -2.19. The Morgan fingerprint density at radius 2 is 2.15 bits per heavy atom. The minimum absolute atomic E-state index is 0.0187. The summed E-state index contributed by atoms with van der Waals surface area (Å²) in [5.74, 6) is 1.16. The van der Waals surface area contributed by atoms with E-state index in [1.165, 1.54) is 0 Å². The van der Waals surface area contributed by atoms with Gasteiger partial charge in [0.2, 0.25) is 5.91 Å². The summed E-state index contributed by atoms with van der Waals surface area (Å²) >= 11 is 0. The van der Waals surface area contributed by atoms with Gasteiger partial charge in [0.15, 0.2) is 5.75 Å². The lowest BCUT2D eigenvalue weighted by Crippen LogP contribution is -2.19. The number of pyridine rings is 1. The van der Waals surface area contributed by atoms with Crippen LogP contribution in [0.3, 0.4) is 0 Å². The van der Waals surface area contributed by atoms with E-state index in [2.05, 4.69) is 10.3 Å². The molecule has 0 radical (unpaired) electrons. The number of aromatic nitrogens is 1. The van der Waals surface area contributed by atoms with Gasteiger partial charge in [-0.05, 0) is 37.1 Å². The Balaban J connectivity index is 1.91. The molecule has 3 N–H and O–H groups in total. The number of anilines is 2. The van der Waals surface area contributed by atoms with Crippen LogP contribution in [-0.4, -0.2) is 10.9 Å². The highest BCUT2D eigenvalue weighted by Crippen LogP contribution is 2.35. The summed E-state index contributed by atoms with van der Waals surface area (Å²) in [6.45, 7) is 1.91. The van der Waals surface area contributed by atoms with Crippen LogP contribution in [0.2, 0.25) is 0 Å². The van der Waals surface area contributed by atoms with Gasteiger partial charge in [0.25, 0.3) is 0 Å². The number of nitrogens with two attached hydrogens (primary N) is 1. The highest BCUT2D eigenvalue weighted by atomic mass is 16.5. The number of benzene rings is 1. The molecule has 20 heavy (non-hydrogen) atoms. The van der Waals surface area contributed by atoms with Gasteiger partial charge >= 0.3 is 0 Å². The number of hydrogen-bond donors (Lipinski definition) is 2. The van der Waals surface area contributed by atoms with Crippen molar-refractivity contribution in [3.05, 3.63) is 41.7 Å². The van der Waals surface area contributed by atoms with Crippen LogP contribution in [0, 0.1) is 6.92 Å². The number of nitrogens with zero attached hydrogens (tertiary/aromatic N) is 1. The molecule has 0 saturated carbocycles. The minimum atomic E-state index is 0.0187. The first-order valence-electron chi connectivity index (χ1n) is 6.44. The van der Waals surface area contributed by atoms with Gasteiger partial charge in [-0.2, -0.15) is 0 Å². The zero-order valence-electron chi connectivity index (χ0n) is 11.1. The fourth-order valence-corrected chi connectivity index (χ4v) is 2.16. The van der Waals surface area contributed by atoms with Gasteiger partial charge in [-0.3, -0.25) is 9.78 Å². The van der Waals surface area contributed by atoms with E-state index < -0.39 is 0 Å². The van der Waals surface area contributed by atoms with Crippen molar-refractivity contribution in [1.29, 1.82) is 0 Å². The fraction of sp³-hybridized carbons (Fsp3) is 0.200. The van der Waals surface area contributed by atoms with Gasteiger partial charge in [0, 0.05) is 23.9 Å². The molecule has 2 aromatic rings. The second-order valence-corrected chi connectivity index (χ2v) is 4.83. The SMILES string of the molecule is Cc1ccc(Oc2cc3c(cc2N)CCC(=O)N3)cn1. The zero-order valence-corrected chi connectivity index (χ0v) is 11.1. The summed E-state index contributed by atoms with van der Waals surface area (Å²) in [7, 11) is 0. The van der Waals surface area contributed by atoms with Crippen LogP contribution in [-0.2, 0) is 11.2 Å². The molecule has 1 aliphatic heterocycles. The van der Waals surface area contributed by atoms with Crippen molar-refractivity contribution >= 4 is 17.3 Å². The average Bonchev–Trinajstić information content (AvgIpc) is 2.42. The van der Waals surface area contributed by atoms with Gasteiger partial charge in [-0.15, -0.1) is 0 Å². The Bertz CT molecular complexity index is 666. The smallest absolute Gasteiger partial charge is 0.224 e. The molecule has 1 aromatic carbocycles. The maximum absolute atomic E-state index is 11.4. The van der Waals surface area contributed by atoms with E-state index >= 15 is 0 Å². The first-order chi connectivity index (χ1) is 9.61. The molecule has 0 spiro atoms. The molecular weight excluding hydrogens is 254 g/mol. The highest BCUT2D eigenvalue weighted by Gasteiger charge is 2.17. The molecule has 1 aliphatic rings. The number of nitrogen functional groups attached to an aromatic ring is 1. The third kappa shape index (κ3) is 2.42. The molecule has 0 saturated heterocycles. The van der Waals surface area contributed by atoms with Crippen LogP contribution >= 0.6 is 0 Å². The number of nitrogens with one attached hydrogen (secondary N) is 1. The molecule has 3 rings (SSSR count). The molecule has 102 valence electrons. The first kappa shape index (κ1) is 12.5. The number of hydrogen-bond acceptors (Lipinski definition) is 4. The van der Waals surface area contributed by atoms with E-state index in [0.717, 1.165) is 16.9 Å². The first-order valence-corrected chi connectivity index (χ1v) is 6.44. The summed E-state index contributed by atoms with van der Waals surface area (Å²) in [4.78, 5) is 15.6. The van der Waals surface area contributed by atoms with Crippen molar-refractivity contribution in [1.82, 2.24) is 4.98 Å². The summed E-state index contributed by atoms with van der Waals surface area (Å²) in [6, 6.07) is 7.32. The molecule has 0 fully saturated rings. The summed E-state index contributed by atoms with van der Waals surface area (Å²) < 4.78 is 5.73. The molecule has 5 nitrogen and oxygen atoms in total. The number of carbonyl (C=O) groups is 1. The van der Waals surface area contributed by atoms with Crippen LogP contribution in [0.15, 0.2) is 30.5 Å². The van der Waals surface area contributed by atoms with E-state index in [1.807, 2.05) is 25.1 Å². The molecular formula is C15H15N3O2. The Labute approximate surface area is 116 Å². The topological polar surface area (TPSA) is 77.2 Å². The number of ether oxygens (including phenoxy) is 1. The maximum atomic E-state index is 11.4. The van der Waals surface area contributed by atoms with Gasteiger partial charge in [-0.25, -0.2) is 0 Å². The van der Waals surface area contributed by atoms with E-state index in [1.54, 1.807) is 12.3 Å². The summed E-state index contributed by atoms with van der Waals surface area (Å²) in [6.07, 6.45) is 2.85. The molecule has 0 unspecified atom stereocenters. The van der Waals surface area contributed by atoms with E-state index in [0.29, 0.717) is 30.0 Å². The van der Waals surface area contributed by atoms with Crippen molar-refractivity contribution < 1.29 is 9.53 Å². The van der Waals surface area contributed by atoms with Crippen LogP contribution in [0.4, 0.5) is 11.4 Å². The standard InChI is InChI=1S/C15H15N3O2/c1-9-2-4-11(8-17-9)20-14-7-13-10(6-12(14)16)3-5-15(19)18-13/h2,4,6-8H,3,5,16H2,1H3,(H,18,19). The quantitative estimate of drug-likeness (QED) is 0.822. The molecule has 0 aliphatic carbocycles. The van der Waals surface area contributed by atoms with Crippen LogP contribution in [0.5, 0.6) is 11.5 Å². The number of aryl methyl sites for hydroxylation is 2. The van der Waals surface area contributed by atoms with E-state index in [-0.39, 0.29) is 5.91 Å². The lowest BCUT2D eigenvalue weighted by atomic mass is 10.0. The van der Waals surface area contributed by atoms with Gasteiger partial charge < -0.3 is 15.8 Å². The normalized spacial score (nSPS) is 13.6. The largest absolute Gasteiger partial charge is 0.454 e. The highest BCUT2D eigenvalue weighted by molar-refractivity contribution is 5.94. The Morgan fingerprint density at radius 3 is 2.90 bits per heavy atom. The second-order valence-electron chi connectivity index (χ2n) is 4.83. The predicted molar refractivity (Wildman–Crippen MR) is 76.9 cm³/mol. The predicted octanol–water partition coefficient (Wildman–Crippen LogP) is 2.65. The van der Waals surface area contributed by atoms with Crippen molar-refractivity contribution in [2.75, 3.05) is 11.1 Å². The van der Waals surface area contributed by atoms with Crippen molar-refractivity contribution in [3.8, 4) is 11.5 Å². The third-order valence-electron chi connectivity index (χ3n) is 3.24. The molecule has 1 amide bonds. The number of carbonyl (C=O) groups excluding carboxylic acids is 1. The maximum Gasteiger partial charge on any atom is 0.224 e. The summed E-state index contributed by atoms with van der Waals surface area (Å²) in [5, 5.41) is 2.83. The molecule has 2 heterocycles. The van der Waals surface area contributed by atoms with Gasteiger partial charge in [-0.1, -0.05) is 0 Å². The third-order valence-corrected chi connectivity index (χ3v) is 3.24.